The minimum Gasteiger partial charge on any atom is -0.490 e. The van der Waals surface area contributed by atoms with Crippen LogP contribution in [0.1, 0.15) is 18.1 Å². The number of barbiturate groups is 1. The molecular formula is C28H23ClIN3O6. The molecule has 0 atom stereocenters. The molecule has 0 unspecified atom stereocenters. The van der Waals surface area contributed by atoms with Gasteiger partial charge in [-0.2, -0.15) is 0 Å². The van der Waals surface area contributed by atoms with Gasteiger partial charge in [0.05, 0.1) is 15.9 Å². The van der Waals surface area contributed by atoms with E-state index in [0.717, 1.165) is 10.5 Å². The van der Waals surface area contributed by atoms with Crippen molar-refractivity contribution in [3.63, 3.8) is 0 Å². The van der Waals surface area contributed by atoms with Crippen molar-refractivity contribution in [1.82, 2.24) is 5.32 Å². The summed E-state index contributed by atoms with van der Waals surface area (Å²) >= 11 is 8.04. The molecule has 39 heavy (non-hydrogen) atoms. The highest BCUT2D eigenvalue weighted by molar-refractivity contribution is 14.1. The molecule has 4 rings (SSSR count). The second-order valence-electron chi connectivity index (χ2n) is 8.41. The number of hydrogen-bond acceptors (Lipinski definition) is 6. The van der Waals surface area contributed by atoms with Crippen molar-refractivity contribution < 1.29 is 28.7 Å². The van der Waals surface area contributed by atoms with Crippen LogP contribution in [0.4, 0.5) is 16.2 Å². The molecule has 1 aliphatic rings. The summed E-state index contributed by atoms with van der Waals surface area (Å²) in [4.78, 5) is 51.6. The van der Waals surface area contributed by atoms with Gasteiger partial charge in [0.15, 0.2) is 18.1 Å². The Morgan fingerprint density at radius 2 is 1.85 bits per heavy atom. The number of amides is 5. The number of aryl methyl sites for hydroxylation is 1. The van der Waals surface area contributed by atoms with Crippen LogP contribution in [0, 0.1) is 10.5 Å². The van der Waals surface area contributed by atoms with Crippen molar-refractivity contribution >= 4 is 75.4 Å². The summed E-state index contributed by atoms with van der Waals surface area (Å²) in [7, 11) is 0. The number of carbonyl (C=O) groups excluding carboxylic acids is 4. The summed E-state index contributed by atoms with van der Waals surface area (Å²) in [6, 6.07) is 16.0. The maximum absolute atomic E-state index is 13.2. The zero-order valence-corrected chi connectivity index (χ0v) is 23.8. The van der Waals surface area contributed by atoms with Gasteiger partial charge in [-0.3, -0.25) is 19.7 Å². The Kier molecular flexibility index (Phi) is 8.87. The van der Waals surface area contributed by atoms with E-state index in [0.29, 0.717) is 37.9 Å². The van der Waals surface area contributed by atoms with Gasteiger partial charge in [-0.25, -0.2) is 9.69 Å². The van der Waals surface area contributed by atoms with E-state index in [9.17, 15) is 19.2 Å². The maximum atomic E-state index is 13.2. The minimum absolute atomic E-state index is 0.223. The van der Waals surface area contributed by atoms with Gasteiger partial charge in [0, 0.05) is 10.7 Å². The SMILES string of the molecule is CCOc1cc(/C=C2\C(=O)NC(=O)N(c3cccc(Cl)c3)C2=O)cc(I)c1OCC(=O)Nc1cccc(C)c1. The predicted octanol–water partition coefficient (Wildman–Crippen LogP) is 5.34. The van der Waals surface area contributed by atoms with Crippen LogP contribution in [0.25, 0.3) is 6.08 Å². The second-order valence-corrected chi connectivity index (χ2v) is 10.0. The van der Waals surface area contributed by atoms with Crippen molar-refractivity contribution in [1.29, 1.82) is 0 Å². The number of anilines is 2. The highest BCUT2D eigenvalue weighted by Gasteiger charge is 2.37. The first-order valence-electron chi connectivity index (χ1n) is 11.8. The summed E-state index contributed by atoms with van der Waals surface area (Å²) in [5.41, 5.74) is 2.10. The number of rotatable bonds is 8. The second kappa shape index (κ2) is 12.3. The van der Waals surface area contributed by atoms with E-state index in [1.807, 2.05) is 47.7 Å². The first-order valence-corrected chi connectivity index (χ1v) is 13.2. The van der Waals surface area contributed by atoms with E-state index in [-0.39, 0.29) is 23.8 Å². The molecule has 3 aromatic carbocycles. The Morgan fingerprint density at radius 3 is 2.56 bits per heavy atom. The molecule has 0 aromatic heterocycles. The molecule has 200 valence electrons. The molecule has 0 spiro atoms. The number of benzene rings is 3. The summed E-state index contributed by atoms with van der Waals surface area (Å²) in [6.07, 6.45) is 1.36. The van der Waals surface area contributed by atoms with Gasteiger partial charge in [0.2, 0.25) is 0 Å². The smallest absolute Gasteiger partial charge is 0.335 e. The average molecular weight is 660 g/mol. The number of urea groups is 1. The quantitative estimate of drug-likeness (QED) is 0.192. The topological polar surface area (TPSA) is 114 Å². The number of ether oxygens (including phenoxy) is 2. The van der Waals surface area contributed by atoms with Gasteiger partial charge in [-0.1, -0.05) is 29.8 Å². The van der Waals surface area contributed by atoms with Crippen molar-refractivity contribution in [2.45, 2.75) is 13.8 Å². The molecule has 1 saturated heterocycles. The standard InChI is InChI=1S/C28H23ClIN3O6/c1-3-38-23-13-17(12-22(30)25(23)39-15-24(34)31-19-8-4-6-16(2)10-19)11-21-26(35)32-28(37)33(27(21)36)20-9-5-7-18(29)14-20/h4-14H,3,15H2,1-2H3,(H,31,34)(H,32,35,37)/b21-11+. The normalized spacial score (nSPS) is 14.3. The number of hydrogen-bond donors (Lipinski definition) is 2. The Bertz CT molecular complexity index is 1510. The fourth-order valence-electron chi connectivity index (χ4n) is 3.81. The van der Waals surface area contributed by atoms with E-state index < -0.39 is 17.8 Å². The van der Waals surface area contributed by atoms with Crippen LogP contribution in [-0.4, -0.2) is 37.0 Å². The molecular weight excluding hydrogens is 637 g/mol. The summed E-state index contributed by atoms with van der Waals surface area (Å²) < 4.78 is 12.1. The first kappa shape index (κ1) is 28.1. The highest BCUT2D eigenvalue weighted by atomic mass is 127. The molecule has 0 aliphatic carbocycles. The maximum Gasteiger partial charge on any atom is 0.335 e. The summed E-state index contributed by atoms with van der Waals surface area (Å²) in [5, 5.41) is 5.30. The van der Waals surface area contributed by atoms with Gasteiger partial charge in [-0.15, -0.1) is 0 Å². The van der Waals surface area contributed by atoms with Gasteiger partial charge in [-0.05, 0) is 96.1 Å². The monoisotopic (exact) mass is 659 g/mol. The Balaban J connectivity index is 1.58. The van der Waals surface area contributed by atoms with E-state index >= 15 is 0 Å². The van der Waals surface area contributed by atoms with Gasteiger partial charge in [0.1, 0.15) is 5.57 Å². The zero-order chi connectivity index (χ0) is 28.1. The van der Waals surface area contributed by atoms with E-state index in [1.54, 1.807) is 37.3 Å². The van der Waals surface area contributed by atoms with Crippen LogP contribution in [0.5, 0.6) is 11.5 Å². The third-order valence-corrected chi connectivity index (χ3v) is 6.50. The lowest BCUT2D eigenvalue weighted by molar-refractivity contribution is -0.122. The predicted molar refractivity (Wildman–Crippen MR) is 156 cm³/mol. The lowest BCUT2D eigenvalue weighted by Crippen LogP contribution is -2.54. The van der Waals surface area contributed by atoms with E-state index in [4.69, 9.17) is 21.1 Å². The molecule has 1 aliphatic heterocycles. The highest BCUT2D eigenvalue weighted by Crippen LogP contribution is 2.35. The van der Waals surface area contributed by atoms with Crippen LogP contribution in [0.3, 0.4) is 0 Å². The third-order valence-electron chi connectivity index (χ3n) is 5.46. The molecule has 1 heterocycles. The molecule has 1 fully saturated rings. The largest absolute Gasteiger partial charge is 0.490 e. The fraction of sp³-hybridized carbons (Fsp3) is 0.143. The van der Waals surface area contributed by atoms with Gasteiger partial charge in [0.25, 0.3) is 17.7 Å². The lowest BCUT2D eigenvalue weighted by Gasteiger charge is -2.26. The molecule has 0 bridgehead atoms. The van der Waals surface area contributed by atoms with Gasteiger partial charge < -0.3 is 14.8 Å². The number of imide groups is 2. The van der Waals surface area contributed by atoms with E-state index in [2.05, 4.69) is 10.6 Å². The molecule has 0 saturated carbocycles. The Morgan fingerprint density at radius 1 is 1.08 bits per heavy atom. The van der Waals surface area contributed by atoms with Crippen molar-refractivity contribution in [3.05, 3.63) is 86.0 Å². The number of halogens is 2. The van der Waals surface area contributed by atoms with Crippen LogP contribution < -0.4 is 25.0 Å². The molecule has 11 heteroatoms. The molecule has 3 aromatic rings. The van der Waals surface area contributed by atoms with Crippen LogP contribution in [-0.2, 0) is 14.4 Å². The number of nitrogens with zero attached hydrogens (tertiary/aromatic N) is 1. The molecule has 5 amide bonds. The number of carbonyl (C=O) groups is 4. The summed E-state index contributed by atoms with van der Waals surface area (Å²) in [5.74, 6) is -1.31. The Labute approximate surface area is 243 Å². The lowest BCUT2D eigenvalue weighted by atomic mass is 10.1. The molecule has 0 radical (unpaired) electrons. The van der Waals surface area contributed by atoms with Crippen molar-refractivity contribution in [2.75, 3.05) is 23.4 Å². The zero-order valence-electron chi connectivity index (χ0n) is 20.9. The van der Waals surface area contributed by atoms with Crippen molar-refractivity contribution in [2.24, 2.45) is 0 Å². The minimum atomic E-state index is -0.873. The summed E-state index contributed by atoms with van der Waals surface area (Å²) in [6.45, 7) is 3.76. The fourth-order valence-corrected chi connectivity index (χ4v) is 4.77. The Hall–Kier alpha value is -3.90. The first-order chi connectivity index (χ1) is 18.7. The molecule has 2 N–H and O–H groups in total. The van der Waals surface area contributed by atoms with Crippen LogP contribution in [0.2, 0.25) is 5.02 Å². The average Bonchev–Trinajstić information content (AvgIpc) is 2.86. The van der Waals surface area contributed by atoms with E-state index in [1.165, 1.54) is 18.2 Å². The third kappa shape index (κ3) is 6.76. The molecule has 9 nitrogen and oxygen atoms in total. The van der Waals surface area contributed by atoms with Crippen molar-refractivity contribution in [3.8, 4) is 11.5 Å². The number of nitrogens with one attached hydrogen (secondary N) is 2. The van der Waals surface area contributed by atoms with Gasteiger partial charge >= 0.3 is 6.03 Å². The van der Waals surface area contributed by atoms with Crippen LogP contribution >= 0.6 is 34.2 Å². The van der Waals surface area contributed by atoms with Crippen LogP contribution in [0.15, 0.2) is 66.2 Å².